The fourth-order valence-corrected chi connectivity index (χ4v) is 2.73. The molecule has 1 fully saturated rings. The van der Waals surface area contributed by atoms with Gasteiger partial charge in [0.05, 0.1) is 0 Å². The van der Waals surface area contributed by atoms with Crippen LogP contribution in [0.2, 0.25) is 0 Å². The van der Waals surface area contributed by atoms with Gasteiger partial charge in [0, 0.05) is 24.3 Å². The Hall–Kier alpha value is -1.09. The van der Waals surface area contributed by atoms with E-state index in [1.54, 1.807) is 12.1 Å². The second-order valence-corrected chi connectivity index (χ2v) is 5.80. The zero-order chi connectivity index (χ0) is 14.5. The molecule has 0 radical (unpaired) electrons. The van der Waals surface area contributed by atoms with Crippen molar-refractivity contribution in [3.8, 4) is 0 Å². The zero-order valence-corrected chi connectivity index (χ0v) is 13.0. The molecule has 20 heavy (non-hydrogen) atoms. The largest absolute Gasteiger partial charge is 0.368 e. The van der Waals surface area contributed by atoms with Gasteiger partial charge in [0.1, 0.15) is 5.82 Å². The molecule has 0 aliphatic heterocycles. The molecule has 1 aliphatic rings. The highest BCUT2D eigenvalue weighted by Crippen LogP contribution is 2.36. The summed E-state index contributed by atoms with van der Waals surface area (Å²) in [5.41, 5.74) is 2.31. The average Bonchev–Trinajstić information content (AvgIpc) is 3.27. The van der Waals surface area contributed by atoms with Crippen LogP contribution < -0.4 is 10.2 Å². The van der Waals surface area contributed by atoms with Crippen LogP contribution in [-0.4, -0.2) is 19.1 Å². The van der Waals surface area contributed by atoms with Crippen LogP contribution in [0.3, 0.4) is 0 Å². The first-order valence-corrected chi connectivity index (χ1v) is 7.96. The van der Waals surface area contributed by atoms with Crippen LogP contribution in [0, 0.1) is 5.82 Å². The van der Waals surface area contributed by atoms with E-state index in [1.807, 2.05) is 6.07 Å². The summed E-state index contributed by atoms with van der Waals surface area (Å²) in [6, 6.07) is 6.11. The minimum absolute atomic E-state index is 0.138. The van der Waals surface area contributed by atoms with Gasteiger partial charge in [-0.25, -0.2) is 4.39 Å². The normalized spacial score (nSPS) is 16.2. The molecule has 0 heterocycles. The van der Waals surface area contributed by atoms with E-state index >= 15 is 0 Å². The summed E-state index contributed by atoms with van der Waals surface area (Å²) < 4.78 is 13.6. The van der Waals surface area contributed by atoms with Crippen LogP contribution >= 0.6 is 0 Å². The number of anilines is 1. The summed E-state index contributed by atoms with van der Waals surface area (Å²) in [7, 11) is 0. The van der Waals surface area contributed by atoms with Crippen molar-refractivity contribution in [3.05, 3.63) is 29.6 Å². The summed E-state index contributed by atoms with van der Waals surface area (Å²) in [5.74, 6) is -0.138. The summed E-state index contributed by atoms with van der Waals surface area (Å²) in [5, 5.41) is 3.48. The Morgan fingerprint density at radius 1 is 1.30 bits per heavy atom. The van der Waals surface area contributed by atoms with Crippen molar-refractivity contribution in [3.63, 3.8) is 0 Å². The van der Waals surface area contributed by atoms with Crippen LogP contribution in [0.15, 0.2) is 18.2 Å². The Morgan fingerprint density at radius 2 is 2.05 bits per heavy atom. The summed E-state index contributed by atoms with van der Waals surface area (Å²) in [6.45, 7) is 8.51. The summed E-state index contributed by atoms with van der Waals surface area (Å²) in [6.07, 6.45) is 4.77. The zero-order valence-electron chi connectivity index (χ0n) is 13.0. The number of hydrogen-bond acceptors (Lipinski definition) is 2. The standard InChI is InChI=1S/C17H27FN2/c1-4-10-19-13(3)16-12-14(18)6-9-17(16)20(11-5-2)15-7-8-15/h6,9,12-13,15,19H,4-5,7-8,10-11H2,1-3H3. The molecule has 2 nitrogen and oxygen atoms in total. The van der Waals surface area contributed by atoms with Gasteiger partial charge in [0.15, 0.2) is 0 Å². The van der Waals surface area contributed by atoms with Crippen LogP contribution in [0.4, 0.5) is 10.1 Å². The lowest BCUT2D eigenvalue weighted by Crippen LogP contribution is -2.29. The van der Waals surface area contributed by atoms with Gasteiger partial charge in [0.25, 0.3) is 0 Å². The van der Waals surface area contributed by atoms with Crippen LogP contribution in [-0.2, 0) is 0 Å². The highest BCUT2D eigenvalue weighted by Gasteiger charge is 2.30. The van der Waals surface area contributed by atoms with E-state index in [0.717, 1.165) is 31.5 Å². The van der Waals surface area contributed by atoms with E-state index in [0.29, 0.717) is 6.04 Å². The highest BCUT2D eigenvalue weighted by molar-refractivity contribution is 5.56. The van der Waals surface area contributed by atoms with E-state index in [-0.39, 0.29) is 11.9 Å². The first-order chi connectivity index (χ1) is 9.67. The first kappa shape index (κ1) is 15.3. The van der Waals surface area contributed by atoms with Gasteiger partial charge in [-0.05, 0) is 62.9 Å². The van der Waals surface area contributed by atoms with Crippen LogP contribution in [0.1, 0.15) is 58.1 Å². The molecule has 1 aromatic carbocycles. The van der Waals surface area contributed by atoms with E-state index in [9.17, 15) is 4.39 Å². The second kappa shape index (κ2) is 7.07. The minimum atomic E-state index is -0.138. The molecule has 112 valence electrons. The van der Waals surface area contributed by atoms with Gasteiger partial charge in [-0.3, -0.25) is 0 Å². The third-order valence-corrected chi connectivity index (χ3v) is 3.92. The van der Waals surface area contributed by atoms with Crippen molar-refractivity contribution in [2.24, 2.45) is 0 Å². The summed E-state index contributed by atoms with van der Waals surface area (Å²) in [4.78, 5) is 2.47. The first-order valence-electron chi connectivity index (χ1n) is 7.96. The fraction of sp³-hybridized carbons (Fsp3) is 0.647. The minimum Gasteiger partial charge on any atom is -0.368 e. The van der Waals surface area contributed by atoms with E-state index in [4.69, 9.17) is 0 Å². The average molecular weight is 278 g/mol. The van der Waals surface area contributed by atoms with Crippen molar-refractivity contribution in [1.82, 2.24) is 5.32 Å². The van der Waals surface area contributed by atoms with E-state index in [1.165, 1.54) is 18.5 Å². The SMILES string of the molecule is CCCNC(C)c1cc(F)ccc1N(CCC)C1CC1. The van der Waals surface area contributed by atoms with Gasteiger partial charge in [0.2, 0.25) is 0 Å². The van der Waals surface area contributed by atoms with Gasteiger partial charge < -0.3 is 10.2 Å². The van der Waals surface area contributed by atoms with Gasteiger partial charge in [-0.1, -0.05) is 13.8 Å². The number of hydrogen-bond donors (Lipinski definition) is 1. The second-order valence-electron chi connectivity index (χ2n) is 5.80. The fourth-order valence-electron chi connectivity index (χ4n) is 2.73. The van der Waals surface area contributed by atoms with Gasteiger partial charge in [-0.15, -0.1) is 0 Å². The summed E-state index contributed by atoms with van der Waals surface area (Å²) >= 11 is 0. The number of nitrogens with one attached hydrogen (secondary N) is 1. The lowest BCUT2D eigenvalue weighted by atomic mass is 10.0. The number of rotatable bonds is 8. The third kappa shape index (κ3) is 3.72. The number of benzene rings is 1. The van der Waals surface area contributed by atoms with Crippen molar-refractivity contribution in [2.45, 2.75) is 58.5 Å². The molecule has 1 aromatic rings. The van der Waals surface area contributed by atoms with Crippen molar-refractivity contribution < 1.29 is 4.39 Å². The quantitative estimate of drug-likeness (QED) is 0.764. The van der Waals surface area contributed by atoms with Gasteiger partial charge >= 0.3 is 0 Å². The molecule has 3 heteroatoms. The highest BCUT2D eigenvalue weighted by atomic mass is 19.1. The number of nitrogens with zero attached hydrogens (tertiary/aromatic N) is 1. The molecule has 1 N–H and O–H groups in total. The monoisotopic (exact) mass is 278 g/mol. The molecule has 0 saturated heterocycles. The van der Waals surface area contributed by atoms with Crippen LogP contribution in [0.5, 0.6) is 0 Å². The molecule has 1 atom stereocenters. The molecule has 0 spiro atoms. The van der Waals surface area contributed by atoms with E-state index < -0.39 is 0 Å². The Morgan fingerprint density at radius 3 is 2.65 bits per heavy atom. The lowest BCUT2D eigenvalue weighted by molar-refractivity contribution is 0.559. The maximum Gasteiger partial charge on any atom is 0.123 e. The molecule has 0 amide bonds. The predicted molar refractivity (Wildman–Crippen MR) is 83.8 cm³/mol. The predicted octanol–water partition coefficient (Wildman–Crippen LogP) is 4.27. The van der Waals surface area contributed by atoms with Crippen LogP contribution in [0.25, 0.3) is 0 Å². The third-order valence-electron chi connectivity index (χ3n) is 3.92. The molecule has 1 unspecified atom stereocenters. The Labute approximate surface area is 122 Å². The maximum absolute atomic E-state index is 13.6. The Bertz CT molecular complexity index is 429. The van der Waals surface area contributed by atoms with Crippen molar-refractivity contribution in [2.75, 3.05) is 18.0 Å². The number of halogens is 1. The molecule has 0 bridgehead atoms. The topological polar surface area (TPSA) is 15.3 Å². The van der Waals surface area contributed by atoms with Crippen molar-refractivity contribution in [1.29, 1.82) is 0 Å². The lowest BCUT2D eigenvalue weighted by Gasteiger charge is -2.29. The molecule has 1 saturated carbocycles. The van der Waals surface area contributed by atoms with Crippen molar-refractivity contribution >= 4 is 5.69 Å². The molecular weight excluding hydrogens is 251 g/mol. The molecular formula is C17H27FN2. The molecule has 0 aromatic heterocycles. The Kier molecular flexibility index (Phi) is 5.41. The smallest absolute Gasteiger partial charge is 0.123 e. The Balaban J connectivity index is 2.25. The molecule has 1 aliphatic carbocycles. The maximum atomic E-state index is 13.6. The molecule has 2 rings (SSSR count). The van der Waals surface area contributed by atoms with Gasteiger partial charge in [-0.2, -0.15) is 0 Å². The van der Waals surface area contributed by atoms with E-state index in [2.05, 4.69) is 31.0 Å².